The molecular weight excluding hydrogens is 316 g/mol. The summed E-state index contributed by atoms with van der Waals surface area (Å²) < 4.78 is 7.32. The van der Waals surface area contributed by atoms with Crippen LogP contribution in [0.3, 0.4) is 0 Å². The van der Waals surface area contributed by atoms with E-state index in [1.54, 1.807) is 14.0 Å². The van der Waals surface area contributed by atoms with Crippen molar-refractivity contribution in [3.05, 3.63) is 54.4 Å². The van der Waals surface area contributed by atoms with Gasteiger partial charge in [-0.15, -0.1) is 10.2 Å². The number of aromatic nitrogens is 3. The minimum atomic E-state index is -0.757. The molecule has 6 nitrogen and oxygen atoms in total. The summed E-state index contributed by atoms with van der Waals surface area (Å²) in [6.07, 6.45) is -0.757. The summed E-state index contributed by atoms with van der Waals surface area (Å²) in [5.41, 5.74) is 2.80. The van der Waals surface area contributed by atoms with Gasteiger partial charge < -0.3 is 14.7 Å². The first-order chi connectivity index (χ1) is 12.0. The third kappa shape index (κ3) is 3.21. The maximum absolute atomic E-state index is 10.1. The molecule has 0 bridgehead atoms. The fourth-order valence-corrected chi connectivity index (χ4v) is 2.71. The molecule has 0 aliphatic rings. The molecule has 2 aromatic carbocycles. The molecule has 1 N–H and O–H groups in total. The smallest absolute Gasteiger partial charge is 0.168 e. The number of ether oxygens (including phenoxy) is 1. The first kappa shape index (κ1) is 17.0. The minimum absolute atomic E-state index is 0.469. The van der Waals surface area contributed by atoms with Gasteiger partial charge in [0.15, 0.2) is 11.6 Å². The lowest BCUT2D eigenvalue weighted by molar-refractivity contribution is 0.186. The number of aliphatic hydroxyl groups excluding tert-OH is 1. The molecule has 0 saturated heterocycles. The van der Waals surface area contributed by atoms with E-state index in [9.17, 15) is 5.11 Å². The molecule has 1 heterocycles. The SMILES string of the molecule is COc1ccccc1-n1c(-c2ccc(N(C)C)cc2)nnc1C(C)O. The van der Waals surface area contributed by atoms with Crippen molar-refractivity contribution in [2.75, 3.05) is 26.1 Å². The van der Waals surface area contributed by atoms with Crippen LogP contribution >= 0.6 is 0 Å². The summed E-state index contributed by atoms with van der Waals surface area (Å²) in [5.74, 6) is 1.82. The van der Waals surface area contributed by atoms with Gasteiger partial charge >= 0.3 is 0 Å². The van der Waals surface area contributed by atoms with Crippen LogP contribution in [0.25, 0.3) is 17.1 Å². The number of rotatable bonds is 5. The molecule has 0 amide bonds. The van der Waals surface area contributed by atoms with Crippen LogP contribution in [0.2, 0.25) is 0 Å². The summed E-state index contributed by atoms with van der Waals surface area (Å²) in [6, 6.07) is 15.7. The standard InChI is InChI=1S/C19H22N4O2/c1-13(24)18-20-21-19(14-9-11-15(12-10-14)22(2)3)23(18)16-7-5-6-8-17(16)25-4/h5-13,24H,1-4H3. The fourth-order valence-electron chi connectivity index (χ4n) is 2.71. The average Bonchev–Trinajstić information content (AvgIpc) is 3.06. The summed E-state index contributed by atoms with van der Waals surface area (Å²) in [7, 11) is 5.62. The molecule has 6 heteroatoms. The highest BCUT2D eigenvalue weighted by Gasteiger charge is 2.21. The van der Waals surface area contributed by atoms with Crippen molar-refractivity contribution < 1.29 is 9.84 Å². The van der Waals surface area contributed by atoms with Crippen molar-refractivity contribution in [1.29, 1.82) is 0 Å². The second-order valence-electron chi connectivity index (χ2n) is 6.01. The van der Waals surface area contributed by atoms with Crippen LogP contribution in [0, 0.1) is 0 Å². The molecule has 1 atom stereocenters. The van der Waals surface area contributed by atoms with Crippen molar-refractivity contribution in [3.8, 4) is 22.8 Å². The average molecular weight is 338 g/mol. The monoisotopic (exact) mass is 338 g/mol. The minimum Gasteiger partial charge on any atom is -0.495 e. The Morgan fingerprint density at radius 1 is 1.04 bits per heavy atom. The number of hydrogen-bond donors (Lipinski definition) is 1. The highest BCUT2D eigenvalue weighted by molar-refractivity contribution is 5.64. The second kappa shape index (κ2) is 6.94. The van der Waals surface area contributed by atoms with Gasteiger partial charge in [0.25, 0.3) is 0 Å². The number of nitrogens with zero attached hydrogens (tertiary/aromatic N) is 4. The molecule has 0 saturated carbocycles. The Morgan fingerprint density at radius 3 is 2.32 bits per heavy atom. The second-order valence-corrected chi connectivity index (χ2v) is 6.01. The van der Waals surface area contributed by atoms with Gasteiger partial charge in [-0.25, -0.2) is 0 Å². The zero-order valence-electron chi connectivity index (χ0n) is 14.8. The number of para-hydroxylation sites is 2. The topological polar surface area (TPSA) is 63.4 Å². The van der Waals surface area contributed by atoms with Crippen molar-refractivity contribution in [2.45, 2.75) is 13.0 Å². The van der Waals surface area contributed by atoms with E-state index in [2.05, 4.69) is 10.2 Å². The number of anilines is 1. The Morgan fingerprint density at radius 2 is 1.72 bits per heavy atom. The lowest BCUT2D eigenvalue weighted by Crippen LogP contribution is -2.09. The Balaban J connectivity index is 2.18. The van der Waals surface area contributed by atoms with E-state index < -0.39 is 6.10 Å². The Labute approximate surface area is 147 Å². The van der Waals surface area contributed by atoms with E-state index in [0.29, 0.717) is 17.4 Å². The first-order valence-corrected chi connectivity index (χ1v) is 8.07. The first-order valence-electron chi connectivity index (χ1n) is 8.07. The zero-order chi connectivity index (χ0) is 18.0. The number of aliphatic hydroxyl groups is 1. The quantitative estimate of drug-likeness (QED) is 0.775. The van der Waals surface area contributed by atoms with Gasteiger partial charge in [0.2, 0.25) is 0 Å². The van der Waals surface area contributed by atoms with Gasteiger partial charge in [0.05, 0.1) is 12.8 Å². The fraction of sp³-hybridized carbons (Fsp3) is 0.263. The van der Waals surface area contributed by atoms with Crippen LogP contribution in [0.15, 0.2) is 48.5 Å². The highest BCUT2D eigenvalue weighted by Crippen LogP contribution is 2.31. The normalized spacial score (nSPS) is 12.0. The maximum atomic E-state index is 10.1. The van der Waals surface area contributed by atoms with Gasteiger partial charge in [-0.1, -0.05) is 12.1 Å². The molecule has 25 heavy (non-hydrogen) atoms. The van der Waals surface area contributed by atoms with Gasteiger partial charge in [0.1, 0.15) is 11.9 Å². The third-order valence-corrected chi connectivity index (χ3v) is 4.03. The molecule has 0 fully saturated rings. The lowest BCUT2D eigenvalue weighted by atomic mass is 10.1. The number of benzene rings is 2. The predicted molar refractivity (Wildman–Crippen MR) is 98.3 cm³/mol. The molecule has 0 aliphatic carbocycles. The molecule has 130 valence electrons. The van der Waals surface area contributed by atoms with Crippen LogP contribution in [-0.4, -0.2) is 41.1 Å². The van der Waals surface area contributed by atoms with Crippen LogP contribution in [0.4, 0.5) is 5.69 Å². The van der Waals surface area contributed by atoms with E-state index in [4.69, 9.17) is 4.74 Å². The van der Waals surface area contributed by atoms with Gasteiger partial charge in [-0.05, 0) is 43.3 Å². The van der Waals surface area contributed by atoms with E-state index >= 15 is 0 Å². The summed E-state index contributed by atoms with van der Waals surface area (Å²) >= 11 is 0. The van der Waals surface area contributed by atoms with Gasteiger partial charge in [-0.3, -0.25) is 4.57 Å². The third-order valence-electron chi connectivity index (χ3n) is 4.03. The van der Waals surface area contributed by atoms with Crippen LogP contribution in [0.1, 0.15) is 18.9 Å². The Kier molecular flexibility index (Phi) is 4.72. The summed E-state index contributed by atoms with van der Waals surface area (Å²) in [6.45, 7) is 1.68. The summed E-state index contributed by atoms with van der Waals surface area (Å²) in [4.78, 5) is 2.04. The van der Waals surface area contributed by atoms with Crippen molar-refractivity contribution >= 4 is 5.69 Å². The molecule has 0 spiro atoms. The molecule has 3 rings (SSSR count). The Bertz CT molecular complexity index is 854. The largest absolute Gasteiger partial charge is 0.495 e. The van der Waals surface area contributed by atoms with Crippen LogP contribution in [0.5, 0.6) is 5.75 Å². The van der Waals surface area contributed by atoms with Gasteiger partial charge in [-0.2, -0.15) is 0 Å². The van der Waals surface area contributed by atoms with Crippen LogP contribution < -0.4 is 9.64 Å². The van der Waals surface area contributed by atoms with Crippen LogP contribution in [-0.2, 0) is 0 Å². The van der Waals surface area contributed by atoms with Gasteiger partial charge in [0, 0.05) is 25.3 Å². The van der Waals surface area contributed by atoms with E-state index in [1.165, 1.54) is 0 Å². The maximum Gasteiger partial charge on any atom is 0.168 e. The lowest BCUT2D eigenvalue weighted by Gasteiger charge is -2.16. The number of hydrogen-bond acceptors (Lipinski definition) is 5. The van der Waals surface area contributed by atoms with Crippen molar-refractivity contribution in [2.24, 2.45) is 0 Å². The molecule has 3 aromatic rings. The van der Waals surface area contributed by atoms with E-state index in [-0.39, 0.29) is 0 Å². The predicted octanol–water partition coefficient (Wildman–Crippen LogP) is 3.06. The molecule has 1 aromatic heterocycles. The van der Waals surface area contributed by atoms with E-state index in [0.717, 1.165) is 16.9 Å². The molecule has 1 unspecified atom stereocenters. The van der Waals surface area contributed by atoms with Crippen molar-refractivity contribution in [1.82, 2.24) is 14.8 Å². The zero-order valence-corrected chi connectivity index (χ0v) is 14.8. The van der Waals surface area contributed by atoms with E-state index in [1.807, 2.05) is 72.1 Å². The highest BCUT2D eigenvalue weighted by atomic mass is 16.5. The Hall–Kier alpha value is -2.86. The number of methoxy groups -OCH3 is 1. The molecular formula is C19H22N4O2. The van der Waals surface area contributed by atoms with Crippen molar-refractivity contribution in [3.63, 3.8) is 0 Å². The summed E-state index contributed by atoms with van der Waals surface area (Å²) in [5, 5.41) is 18.7. The molecule has 0 radical (unpaired) electrons. The molecule has 0 aliphatic heterocycles.